The molecule has 0 fully saturated rings. The molecule has 0 aliphatic heterocycles. The van der Waals surface area contributed by atoms with Crippen LogP contribution in [-0.4, -0.2) is 4.98 Å². The minimum Gasteiger partial charge on any atom is -0.331 e. The molecule has 0 radical (unpaired) electrons. The maximum Gasteiger partial charge on any atom is 0.187 e. The van der Waals surface area contributed by atoms with Gasteiger partial charge in [-0.1, -0.05) is 60.7 Å². The first-order valence-corrected chi connectivity index (χ1v) is 9.03. The standard InChI is InChI=1S/C21H16N2S/c1-3-9-16-14(6-1)8-5-11-18(16)22-21-23-20-17-10-4-2-7-15(17)12-13-19(20)24-21/h1-11H,12-13H2,(H,22,23). The van der Waals surface area contributed by atoms with Crippen LogP contribution in [0.15, 0.2) is 66.7 Å². The van der Waals surface area contributed by atoms with Crippen LogP contribution in [0.5, 0.6) is 0 Å². The van der Waals surface area contributed by atoms with Gasteiger partial charge in [0.1, 0.15) is 0 Å². The predicted octanol–water partition coefficient (Wildman–Crippen LogP) is 5.81. The maximum absolute atomic E-state index is 4.90. The van der Waals surface area contributed by atoms with E-state index in [1.807, 2.05) is 0 Å². The SMILES string of the molecule is c1ccc2c(c1)CCc1sc(Nc3cccc4ccccc34)nc1-2. The second kappa shape index (κ2) is 5.46. The molecule has 0 amide bonds. The lowest BCUT2D eigenvalue weighted by molar-refractivity contribution is 0.955. The van der Waals surface area contributed by atoms with Gasteiger partial charge in [-0.2, -0.15) is 0 Å². The van der Waals surface area contributed by atoms with E-state index in [9.17, 15) is 0 Å². The van der Waals surface area contributed by atoms with Crippen LogP contribution in [0, 0.1) is 0 Å². The molecule has 5 rings (SSSR count). The number of rotatable bonds is 2. The van der Waals surface area contributed by atoms with Crippen molar-refractivity contribution in [2.45, 2.75) is 12.8 Å². The van der Waals surface area contributed by atoms with E-state index in [1.54, 1.807) is 11.3 Å². The monoisotopic (exact) mass is 328 g/mol. The Morgan fingerprint density at radius 3 is 2.67 bits per heavy atom. The van der Waals surface area contributed by atoms with E-state index >= 15 is 0 Å². The van der Waals surface area contributed by atoms with Crippen LogP contribution in [0.1, 0.15) is 10.4 Å². The molecule has 1 N–H and O–H groups in total. The normalized spacial score (nSPS) is 12.7. The Morgan fingerprint density at radius 2 is 1.67 bits per heavy atom. The number of nitrogens with one attached hydrogen (secondary N) is 1. The lowest BCUT2D eigenvalue weighted by Gasteiger charge is -2.13. The summed E-state index contributed by atoms with van der Waals surface area (Å²) in [5.74, 6) is 0. The number of anilines is 2. The van der Waals surface area contributed by atoms with Gasteiger partial charge in [0.15, 0.2) is 5.13 Å². The van der Waals surface area contributed by atoms with Gasteiger partial charge in [0.25, 0.3) is 0 Å². The number of nitrogens with zero attached hydrogens (tertiary/aromatic N) is 1. The van der Waals surface area contributed by atoms with Crippen molar-refractivity contribution in [2.75, 3.05) is 5.32 Å². The average Bonchev–Trinajstić information content (AvgIpc) is 3.05. The lowest BCUT2D eigenvalue weighted by Crippen LogP contribution is -2.01. The summed E-state index contributed by atoms with van der Waals surface area (Å²) in [7, 11) is 0. The minimum atomic E-state index is 0.980. The van der Waals surface area contributed by atoms with Crippen LogP contribution >= 0.6 is 11.3 Å². The molecule has 116 valence electrons. The third-order valence-corrected chi connectivity index (χ3v) is 5.65. The highest BCUT2D eigenvalue weighted by Gasteiger charge is 2.20. The van der Waals surface area contributed by atoms with Gasteiger partial charge in [-0.25, -0.2) is 4.98 Å². The lowest BCUT2D eigenvalue weighted by atomic mass is 9.94. The summed E-state index contributed by atoms with van der Waals surface area (Å²) in [6, 6.07) is 23.4. The minimum absolute atomic E-state index is 0.980. The fourth-order valence-electron chi connectivity index (χ4n) is 3.45. The van der Waals surface area contributed by atoms with Crippen molar-refractivity contribution in [1.29, 1.82) is 0 Å². The number of hydrogen-bond acceptors (Lipinski definition) is 3. The number of aromatic nitrogens is 1. The van der Waals surface area contributed by atoms with E-state index in [0.29, 0.717) is 0 Å². The molecule has 1 heterocycles. The van der Waals surface area contributed by atoms with Crippen molar-refractivity contribution in [1.82, 2.24) is 4.98 Å². The molecule has 2 nitrogen and oxygen atoms in total. The molecule has 3 aromatic carbocycles. The summed E-state index contributed by atoms with van der Waals surface area (Å²) < 4.78 is 0. The van der Waals surface area contributed by atoms with Crippen LogP contribution in [0.2, 0.25) is 0 Å². The predicted molar refractivity (Wildman–Crippen MR) is 102 cm³/mol. The van der Waals surface area contributed by atoms with Crippen molar-refractivity contribution >= 4 is 32.9 Å². The van der Waals surface area contributed by atoms with E-state index in [-0.39, 0.29) is 0 Å². The first-order chi connectivity index (χ1) is 11.9. The fourth-order valence-corrected chi connectivity index (χ4v) is 4.44. The Morgan fingerprint density at radius 1 is 0.833 bits per heavy atom. The van der Waals surface area contributed by atoms with Gasteiger partial charge in [-0.15, -0.1) is 11.3 Å². The van der Waals surface area contributed by atoms with E-state index in [1.165, 1.54) is 26.8 Å². The zero-order valence-corrected chi connectivity index (χ0v) is 13.9. The smallest absolute Gasteiger partial charge is 0.187 e. The van der Waals surface area contributed by atoms with Gasteiger partial charge in [-0.3, -0.25) is 0 Å². The molecule has 1 aliphatic carbocycles. The molecule has 0 saturated heterocycles. The van der Waals surface area contributed by atoms with Crippen LogP contribution in [0.25, 0.3) is 22.0 Å². The number of fused-ring (bicyclic) bond motifs is 4. The molecule has 4 aromatic rings. The van der Waals surface area contributed by atoms with E-state index in [2.05, 4.69) is 72.0 Å². The topological polar surface area (TPSA) is 24.9 Å². The zero-order valence-electron chi connectivity index (χ0n) is 13.1. The van der Waals surface area contributed by atoms with Gasteiger partial charge in [0, 0.05) is 21.5 Å². The van der Waals surface area contributed by atoms with E-state index in [4.69, 9.17) is 4.98 Å². The highest BCUT2D eigenvalue weighted by Crippen LogP contribution is 2.39. The largest absolute Gasteiger partial charge is 0.331 e. The molecule has 0 unspecified atom stereocenters. The van der Waals surface area contributed by atoms with Gasteiger partial charge in [-0.05, 0) is 29.9 Å². The van der Waals surface area contributed by atoms with Crippen molar-refractivity contribution in [3.8, 4) is 11.3 Å². The summed E-state index contributed by atoms with van der Waals surface area (Å²) in [4.78, 5) is 6.29. The Bertz CT molecular complexity index is 1040. The summed E-state index contributed by atoms with van der Waals surface area (Å²) in [5.41, 5.74) is 4.98. The highest BCUT2D eigenvalue weighted by atomic mass is 32.1. The first-order valence-electron chi connectivity index (χ1n) is 8.21. The van der Waals surface area contributed by atoms with Crippen LogP contribution in [-0.2, 0) is 12.8 Å². The number of aryl methyl sites for hydroxylation is 2. The summed E-state index contributed by atoms with van der Waals surface area (Å²) >= 11 is 1.78. The van der Waals surface area contributed by atoms with E-state index < -0.39 is 0 Å². The third-order valence-electron chi connectivity index (χ3n) is 4.62. The third kappa shape index (κ3) is 2.21. The Kier molecular flexibility index (Phi) is 3.13. The Labute approximate surface area is 144 Å². The quantitative estimate of drug-likeness (QED) is 0.502. The number of hydrogen-bond donors (Lipinski definition) is 1. The number of thiazole rings is 1. The van der Waals surface area contributed by atoms with Gasteiger partial charge >= 0.3 is 0 Å². The highest BCUT2D eigenvalue weighted by molar-refractivity contribution is 7.16. The van der Waals surface area contributed by atoms with Crippen LogP contribution in [0.4, 0.5) is 10.8 Å². The van der Waals surface area contributed by atoms with Gasteiger partial charge in [0.05, 0.1) is 5.69 Å². The van der Waals surface area contributed by atoms with Crippen LogP contribution < -0.4 is 5.32 Å². The molecular formula is C21H16N2S. The second-order valence-corrected chi connectivity index (χ2v) is 7.18. The molecule has 0 bridgehead atoms. The molecule has 0 saturated carbocycles. The molecule has 0 atom stereocenters. The number of benzene rings is 3. The summed E-state index contributed by atoms with van der Waals surface area (Å²) in [5, 5.41) is 7.00. The van der Waals surface area contributed by atoms with Crippen molar-refractivity contribution in [3.05, 3.63) is 77.2 Å². The molecule has 3 heteroatoms. The Hall–Kier alpha value is -2.65. The van der Waals surface area contributed by atoms with Crippen LogP contribution in [0.3, 0.4) is 0 Å². The molecular weight excluding hydrogens is 312 g/mol. The molecule has 24 heavy (non-hydrogen) atoms. The second-order valence-electron chi connectivity index (χ2n) is 6.10. The van der Waals surface area contributed by atoms with E-state index in [0.717, 1.165) is 29.4 Å². The molecule has 1 aliphatic rings. The maximum atomic E-state index is 4.90. The molecule has 1 aromatic heterocycles. The average molecular weight is 328 g/mol. The van der Waals surface area contributed by atoms with Crippen molar-refractivity contribution in [2.24, 2.45) is 0 Å². The zero-order chi connectivity index (χ0) is 15.9. The van der Waals surface area contributed by atoms with Crippen molar-refractivity contribution < 1.29 is 0 Å². The summed E-state index contributed by atoms with van der Waals surface area (Å²) in [6.45, 7) is 0. The van der Waals surface area contributed by atoms with Crippen molar-refractivity contribution in [3.63, 3.8) is 0 Å². The fraction of sp³-hybridized carbons (Fsp3) is 0.0952. The molecule has 0 spiro atoms. The Balaban J connectivity index is 1.57. The first kappa shape index (κ1) is 13.8. The summed E-state index contributed by atoms with van der Waals surface area (Å²) in [6.07, 6.45) is 2.19. The van der Waals surface area contributed by atoms with Gasteiger partial charge in [0.2, 0.25) is 0 Å². The van der Waals surface area contributed by atoms with Gasteiger partial charge < -0.3 is 5.32 Å².